The van der Waals surface area contributed by atoms with Crippen molar-refractivity contribution in [3.8, 4) is 0 Å². The van der Waals surface area contributed by atoms with E-state index < -0.39 is 12.4 Å². The Morgan fingerprint density at radius 1 is 1.45 bits per heavy atom. The van der Waals surface area contributed by atoms with E-state index in [-0.39, 0.29) is 12.0 Å². The first-order valence-electron chi connectivity index (χ1n) is 4.16. The lowest BCUT2D eigenvalue weighted by Crippen LogP contribution is -2.43. The molecule has 0 bridgehead atoms. The maximum absolute atomic E-state index is 9.38. The third-order valence-electron chi connectivity index (χ3n) is 2.31. The molecule has 1 heterocycles. The highest BCUT2D eigenvalue weighted by Crippen LogP contribution is 2.26. The van der Waals surface area contributed by atoms with E-state index in [0.29, 0.717) is 0 Å². The van der Waals surface area contributed by atoms with Crippen molar-refractivity contribution in [3.05, 3.63) is 0 Å². The molecule has 2 N–H and O–H groups in total. The highest BCUT2D eigenvalue weighted by Gasteiger charge is 2.33. The number of rotatable bonds is 1. The Balaban J connectivity index is 2.51. The fourth-order valence-corrected chi connectivity index (χ4v) is 1.58. The van der Waals surface area contributed by atoms with Crippen LogP contribution in [-0.2, 0) is 4.74 Å². The Hall–Kier alpha value is -0.120. The van der Waals surface area contributed by atoms with Crippen molar-refractivity contribution in [1.82, 2.24) is 0 Å². The van der Waals surface area contributed by atoms with Crippen LogP contribution in [0.15, 0.2) is 0 Å². The minimum absolute atomic E-state index is 0.0679. The van der Waals surface area contributed by atoms with Gasteiger partial charge in [0.2, 0.25) is 0 Å². The van der Waals surface area contributed by atoms with E-state index in [2.05, 4.69) is 0 Å². The molecule has 66 valence electrons. The van der Waals surface area contributed by atoms with Crippen molar-refractivity contribution in [2.24, 2.45) is 5.92 Å². The van der Waals surface area contributed by atoms with E-state index in [4.69, 9.17) is 4.74 Å². The molecule has 0 aromatic heterocycles. The predicted octanol–water partition coefficient (Wildman–Crippen LogP) is 0.501. The number of hydrogen-bond donors (Lipinski definition) is 2. The molecule has 0 amide bonds. The van der Waals surface area contributed by atoms with Crippen LogP contribution in [0, 0.1) is 5.92 Å². The highest BCUT2D eigenvalue weighted by molar-refractivity contribution is 4.77. The van der Waals surface area contributed by atoms with Crippen molar-refractivity contribution in [1.29, 1.82) is 0 Å². The summed E-state index contributed by atoms with van der Waals surface area (Å²) in [7, 11) is 0. The molecule has 1 fully saturated rings. The molecular formula is C8H16O3. The molecule has 3 heteroatoms. The van der Waals surface area contributed by atoms with Crippen LogP contribution < -0.4 is 0 Å². The molecule has 3 unspecified atom stereocenters. The molecule has 1 aliphatic rings. The zero-order chi connectivity index (χ0) is 8.43. The van der Waals surface area contributed by atoms with E-state index in [1.807, 2.05) is 13.8 Å². The van der Waals surface area contributed by atoms with Gasteiger partial charge in [0, 0.05) is 0 Å². The van der Waals surface area contributed by atoms with E-state index >= 15 is 0 Å². The lowest BCUT2D eigenvalue weighted by atomic mass is 9.90. The Kier molecular flexibility index (Phi) is 2.87. The third kappa shape index (κ3) is 1.92. The molecule has 4 atom stereocenters. The smallest absolute Gasteiger partial charge is 0.181 e. The SMILES string of the molecule is CCC1CC(C)O[C@@H](O)C1O. The molecule has 0 aliphatic carbocycles. The molecule has 0 aromatic carbocycles. The zero-order valence-electron chi connectivity index (χ0n) is 7.03. The van der Waals surface area contributed by atoms with Crippen LogP contribution in [0.4, 0.5) is 0 Å². The summed E-state index contributed by atoms with van der Waals surface area (Å²) < 4.78 is 5.04. The molecule has 0 radical (unpaired) electrons. The summed E-state index contributed by atoms with van der Waals surface area (Å²) in [5.41, 5.74) is 0. The Morgan fingerprint density at radius 3 is 2.64 bits per heavy atom. The first kappa shape index (κ1) is 8.97. The standard InChI is InChI=1S/C8H16O3/c1-3-6-4-5(2)11-8(10)7(6)9/h5-10H,3-4H2,1-2H3/t5?,6?,7?,8-/m1/s1. The maximum atomic E-state index is 9.38. The molecule has 3 nitrogen and oxygen atoms in total. The molecule has 11 heavy (non-hydrogen) atoms. The number of aliphatic hydroxyl groups excluding tert-OH is 2. The lowest BCUT2D eigenvalue weighted by molar-refractivity contribution is -0.230. The van der Waals surface area contributed by atoms with E-state index in [0.717, 1.165) is 12.8 Å². The second-order valence-corrected chi connectivity index (χ2v) is 3.23. The van der Waals surface area contributed by atoms with Crippen molar-refractivity contribution < 1.29 is 14.9 Å². The molecule has 1 aliphatic heterocycles. The van der Waals surface area contributed by atoms with Gasteiger partial charge in [0.05, 0.1) is 6.10 Å². The van der Waals surface area contributed by atoms with Gasteiger partial charge in [-0.3, -0.25) is 0 Å². The van der Waals surface area contributed by atoms with Gasteiger partial charge in [0.1, 0.15) is 6.10 Å². The van der Waals surface area contributed by atoms with Gasteiger partial charge in [-0.1, -0.05) is 13.3 Å². The van der Waals surface area contributed by atoms with Crippen molar-refractivity contribution in [3.63, 3.8) is 0 Å². The molecule has 0 saturated carbocycles. The Bertz CT molecular complexity index is 127. The molecular weight excluding hydrogens is 144 g/mol. The number of aliphatic hydroxyl groups is 2. The van der Waals surface area contributed by atoms with Crippen LogP contribution in [0.2, 0.25) is 0 Å². The third-order valence-corrected chi connectivity index (χ3v) is 2.31. The lowest BCUT2D eigenvalue weighted by Gasteiger charge is -2.35. The Morgan fingerprint density at radius 2 is 2.09 bits per heavy atom. The highest BCUT2D eigenvalue weighted by atomic mass is 16.6. The van der Waals surface area contributed by atoms with Crippen LogP contribution in [0.5, 0.6) is 0 Å². The fourth-order valence-electron chi connectivity index (χ4n) is 1.58. The molecule has 0 aromatic rings. The summed E-state index contributed by atoms with van der Waals surface area (Å²) in [4.78, 5) is 0. The van der Waals surface area contributed by atoms with Crippen LogP contribution >= 0.6 is 0 Å². The zero-order valence-corrected chi connectivity index (χ0v) is 7.03. The molecule has 0 spiro atoms. The molecule has 1 rings (SSSR count). The second-order valence-electron chi connectivity index (χ2n) is 3.23. The van der Waals surface area contributed by atoms with Gasteiger partial charge in [0.15, 0.2) is 6.29 Å². The van der Waals surface area contributed by atoms with Crippen LogP contribution in [0.1, 0.15) is 26.7 Å². The van der Waals surface area contributed by atoms with Gasteiger partial charge >= 0.3 is 0 Å². The topological polar surface area (TPSA) is 49.7 Å². The van der Waals surface area contributed by atoms with E-state index in [1.54, 1.807) is 0 Å². The average Bonchev–Trinajstić information content (AvgIpc) is 1.96. The average molecular weight is 160 g/mol. The summed E-state index contributed by atoms with van der Waals surface area (Å²) in [5.74, 6) is 0.189. The summed E-state index contributed by atoms with van der Waals surface area (Å²) >= 11 is 0. The van der Waals surface area contributed by atoms with Gasteiger partial charge in [0.25, 0.3) is 0 Å². The predicted molar refractivity (Wildman–Crippen MR) is 41.0 cm³/mol. The minimum Gasteiger partial charge on any atom is -0.388 e. The quantitative estimate of drug-likeness (QED) is 0.587. The van der Waals surface area contributed by atoms with E-state index in [1.165, 1.54) is 0 Å². The largest absolute Gasteiger partial charge is 0.388 e. The van der Waals surface area contributed by atoms with Gasteiger partial charge in [-0.05, 0) is 19.3 Å². The summed E-state index contributed by atoms with van der Waals surface area (Å²) in [5, 5.41) is 18.6. The normalized spacial score (nSPS) is 45.8. The maximum Gasteiger partial charge on any atom is 0.181 e. The van der Waals surface area contributed by atoms with Gasteiger partial charge in [-0.2, -0.15) is 0 Å². The van der Waals surface area contributed by atoms with Crippen LogP contribution in [0.3, 0.4) is 0 Å². The van der Waals surface area contributed by atoms with Crippen molar-refractivity contribution in [2.45, 2.75) is 45.2 Å². The van der Waals surface area contributed by atoms with E-state index in [9.17, 15) is 10.2 Å². The first-order chi connectivity index (χ1) is 5.15. The monoisotopic (exact) mass is 160 g/mol. The van der Waals surface area contributed by atoms with Gasteiger partial charge in [-0.25, -0.2) is 0 Å². The first-order valence-corrected chi connectivity index (χ1v) is 4.16. The van der Waals surface area contributed by atoms with Gasteiger partial charge < -0.3 is 14.9 Å². The fraction of sp³-hybridized carbons (Fsp3) is 1.00. The van der Waals surface area contributed by atoms with Crippen molar-refractivity contribution in [2.75, 3.05) is 0 Å². The number of ether oxygens (including phenoxy) is 1. The Labute approximate surface area is 67.0 Å². The minimum atomic E-state index is -0.983. The summed E-state index contributed by atoms with van der Waals surface area (Å²) in [6.45, 7) is 3.93. The molecule has 1 saturated heterocycles. The summed E-state index contributed by atoms with van der Waals surface area (Å²) in [6.07, 6.45) is 0.124. The van der Waals surface area contributed by atoms with Crippen LogP contribution in [0.25, 0.3) is 0 Å². The second kappa shape index (κ2) is 3.52. The number of hydrogen-bond acceptors (Lipinski definition) is 3. The van der Waals surface area contributed by atoms with Crippen LogP contribution in [-0.4, -0.2) is 28.7 Å². The summed E-state index contributed by atoms with van der Waals surface area (Å²) in [6, 6.07) is 0. The van der Waals surface area contributed by atoms with Crippen molar-refractivity contribution >= 4 is 0 Å². The van der Waals surface area contributed by atoms with Gasteiger partial charge in [-0.15, -0.1) is 0 Å².